The van der Waals surface area contributed by atoms with Crippen LogP contribution in [-0.4, -0.2) is 42.6 Å². The lowest BCUT2D eigenvalue weighted by Crippen LogP contribution is -2.42. The van der Waals surface area contributed by atoms with E-state index >= 15 is 0 Å². The Balaban J connectivity index is 4.02. The molecule has 0 spiro atoms. The van der Waals surface area contributed by atoms with E-state index in [-0.39, 0.29) is 17.3 Å². The molecule has 1 N–H and O–H groups in total. The molecule has 0 aromatic rings. The smallest absolute Gasteiger partial charge is 0.211 e. The molecule has 0 aromatic carbocycles. The van der Waals surface area contributed by atoms with Gasteiger partial charge in [-0.1, -0.05) is 6.92 Å². The maximum absolute atomic E-state index is 10.7. The van der Waals surface area contributed by atoms with Crippen LogP contribution in [-0.2, 0) is 14.3 Å². The number of carbonyl (C=O) groups is 1. The molecule has 0 unspecified atom stereocenters. The van der Waals surface area contributed by atoms with Crippen molar-refractivity contribution in [3.05, 3.63) is 0 Å². The second-order valence-electron chi connectivity index (χ2n) is 5.27. The molecule has 0 heterocycles. The Labute approximate surface area is 110 Å². The summed E-state index contributed by atoms with van der Waals surface area (Å²) in [6, 6.07) is 0. The fourth-order valence-corrected chi connectivity index (χ4v) is 1.21. The number of carbonyl (C=O) groups excluding carboxylic acids is 1. The van der Waals surface area contributed by atoms with E-state index in [1.165, 1.54) is 0 Å². The Morgan fingerprint density at radius 3 is 2.24 bits per heavy atom. The molecule has 17 heavy (non-hydrogen) atoms. The third-order valence-electron chi connectivity index (χ3n) is 2.20. The lowest BCUT2D eigenvalue weighted by Gasteiger charge is -2.32. The van der Waals surface area contributed by atoms with Crippen LogP contribution in [0.5, 0.6) is 0 Å². The predicted molar refractivity (Wildman–Crippen MR) is 72.6 cm³/mol. The van der Waals surface area contributed by atoms with Crippen LogP contribution in [0.4, 0.5) is 0 Å². The molecule has 5 heteroatoms. The highest BCUT2D eigenvalue weighted by atomic mass is 32.1. The molecular weight excluding hydrogens is 238 g/mol. The van der Waals surface area contributed by atoms with Gasteiger partial charge in [-0.2, -0.15) is 0 Å². The maximum Gasteiger partial charge on any atom is 0.211 e. The van der Waals surface area contributed by atoms with Crippen molar-refractivity contribution in [2.45, 2.75) is 45.8 Å². The normalized spacial score (nSPS) is 12.8. The van der Waals surface area contributed by atoms with Crippen molar-refractivity contribution in [1.29, 1.82) is 0 Å². The van der Waals surface area contributed by atoms with Gasteiger partial charge < -0.3 is 14.8 Å². The molecule has 102 valence electrons. The lowest BCUT2D eigenvalue weighted by molar-refractivity contribution is -0.135. The first-order valence-corrected chi connectivity index (χ1v) is 6.34. The van der Waals surface area contributed by atoms with E-state index in [1.54, 1.807) is 0 Å². The number of nitrogens with one attached hydrogen (secondary N) is 1. The second-order valence-corrected chi connectivity index (χ2v) is 5.77. The van der Waals surface area contributed by atoms with Gasteiger partial charge in [-0.3, -0.25) is 4.79 Å². The van der Waals surface area contributed by atoms with Crippen molar-refractivity contribution in [3.8, 4) is 0 Å². The summed E-state index contributed by atoms with van der Waals surface area (Å²) < 4.78 is 11.2. The van der Waals surface area contributed by atoms with Crippen molar-refractivity contribution in [1.82, 2.24) is 5.32 Å². The van der Waals surface area contributed by atoms with E-state index in [4.69, 9.17) is 9.47 Å². The molecule has 0 aliphatic heterocycles. The summed E-state index contributed by atoms with van der Waals surface area (Å²) in [5.74, 6) is 0. The summed E-state index contributed by atoms with van der Waals surface area (Å²) in [6.07, 6.45) is 0. The zero-order valence-corrected chi connectivity index (χ0v) is 12.4. The quantitative estimate of drug-likeness (QED) is 0.621. The largest absolute Gasteiger partial charge is 0.371 e. The molecule has 0 amide bonds. The fourth-order valence-electron chi connectivity index (χ4n) is 1.15. The fraction of sp³-hybridized carbons (Fsp3) is 0.917. The average molecular weight is 263 g/mol. The summed E-state index contributed by atoms with van der Waals surface area (Å²) in [7, 11) is 0. The Morgan fingerprint density at radius 2 is 1.76 bits per heavy atom. The number of rotatable bonds is 9. The van der Waals surface area contributed by atoms with Crippen LogP contribution in [0.15, 0.2) is 0 Å². The van der Waals surface area contributed by atoms with Crippen molar-refractivity contribution in [2.24, 2.45) is 0 Å². The summed E-state index contributed by atoms with van der Waals surface area (Å²) >= 11 is 3.67. The average Bonchev–Trinajstić information content (AvgIpc) is 2.22. The van der Waals surface area contributed by atoms with Gasteiger partial charge in [0.15, 0.2) is 0 Å². The molecule has 0 rings (SSSR count). The Morgan fingerprint density at radius 1 is 1.18 bits per heavy atom. The van der Waals surface area contributed by atoms with E-state index in [0.29, 0.717) is 6.61 Å². The molecular formula is C12H25NO3S. The first-order valence-electron chi connectivity index (χ1n) is 5.89. The van der Waals surface area contributed by atoms with Crippen molar-refractivity contribution >= 4 is 17.7 Å². The van der Waals surface area contributed by atoms with Crippen molar-refractivity contribution in [2.75, 3.05) is 26.3 Å². The van der Waals surface area contributed by atoms with Crippen LogP contribution in [0.25, 0.3) is 0 Å². The van der Waals surface area contributed by atoms with Gasteiger partial charge in [0, 0.05) is 6.54 Å². The van der Waals surface area contributed by atoms with Crippen LogP contribution in [0.3, 0.4) is 0 Å². The second kappa shape index (κ2) is 7.36. The van der Waals surface area contributed by atoms with Gasteiger partial charge in [0.1, 0.15) is 6.61 Å². The Bertz CT molecular complexity index is 242. The van der Waals surface area contributed by atoms with E-state index < -0.39 is 5.60 Å². The molecule has 0 radical (unpaired) electrons. The van der Waals surface area contributed by atoms with Crippen LogP contribution >= 0.6 is 12.6 Å². The molecule has 0 saturated heterocycles. The standard InChI is InChI=1S/C12H25NO3S/c1-6-13-8-11(2,3)16-9-12(4,5)15-7-10(14)17/h13H,6-9H2,1-5H3,(H,14,17). The van der Waals surface area contributed by atoms with Gasteiger partial charge in [-0.25, -0.2) is 0 Å². The van der Waals surface area contributed by atoms with Gasteiger partial charge in [0.05, 0.1) is 17.8 Å². The number of hydrogen-bond acceptors (Lipinski definition) is 4. The van der Waals surface area contributed by atoms with E-state index in [2.05, 4.69) is 24.9 Å². The molecule has 0 saturated carbocycles. The summed E-state index contributed by atoms with van der Waals surface area (Å²) in [5.41, 5.74) is -0.733. The summed E-state index contributed by atoms with van der Waals surface area (Å²) in [4.78, 5) is 10.7. The van der Waals surface area contributed by atoms with Crippen molar-refractivity contribution in [3.63, 3.8) is 0 Å². The zero-order valence-electron chi connectivity index (χ0n) is 11.5. The molecule has 0 aromatic heterocycles. The molecule has 0 aliphatic carbocycles. The lowest BCUT2D eigenvalue weighted by atomic mass is 10.1. The van der Waals surface area contributed by atoms with Crippen molar-refractivity contribution < 1.29 is 14.3 Å². The highest BCUT2D eigenvalue weighted by molar-refractivity contribution is 7.96. The van der Waals surface area contributed by atoms with Crippen LogP contribution in [0, 0.1) is 0 Å². The van der Waals surface area contributed by atoms with Gasteiger partial charge in [-0.15, -0.1) is 12.6 Å². The van der Waals surface area contributed by atoms with Gasteiger partial charge in [0.2, 0.25) is 5.12 Å². The summed E-state index contributed by atoms with van der Waals surface area (Å²) in [6.45, 7) is 12.0. The predicted octanol–water partition coefficient (Wildman–Crippen LogP) is 1.64. The highest BCUT2D eigenvalue weighted by Crippen LogP contribution is 2.15. The van der Waals surface area contributed by atoms with Gasteiger partial charge in [-0.05, 0) is 34.2 Å². The van der Waals surface area contributed by atoms with Crippen LogP contribution in [0.2, 0.25) is 0 Å². The minimum Gasteiger partial charge on any atom is -0.371 e. The Kier molecular flexibility index (Phi) is 7.32. The Hall–Kier alpha value is -0.100. The van der Waals surface area contributed by atoms with E-state index in [9.17, 15) is 4.79 Å². The third kappa shape index (κ3) is 9.59. The maximum atomic E-state index is 10.7. The molecule has 0 fully saturated rings. The number of ether oxygens (including phenoxy) is 2. The highest BCUT2D eigenvalue weighted by Gasteiger charge is 2.25. The topological polar surface area (TPSA) is 47.6 Å². The van der Waals surface area contributed by atoms with Crippen LogP contribution in [0.1, 0.15) is 34.6 Å². The zero-order chi connectivity index (χ0) is 13.5. The number of likely N-dealkylation sites (N-methyl/N-ethyl adjacent to an activating group) is 1. The summed E-state index contributed by atoms with van der Waals surface area (Å²) in [5, 5.41) is 2.97. The number of thiol groups is 1. The molecule has 0 atom stereocenters. The van der Waals surface area contributed by atoms with E-state index in [0.717, 1.165) is 13.1 Å². The van der Waals surface area contributed by atoms with Gasteiger partial charge in [0.25, 0.3) is 0 Å². The molecule has 0 bridgehead atoms. The van der Waals surface area contributed by atoms with Gasteiger partial charge >= 0.3 is 0 Å². The SMILES string of the molecule is CCNCC(C)(C)OCC(C)(C)OCC(=O)S. The first kappa shape index (κ1) is 16.9. The molecule has 4 nitrogen and oxygen atoms in total. The number of hydrogen-bond donors (Lipinski definition) is 2. The van der Waals surface area contributed by atoms with Crippen LogP contribution < -0.4 is 5.32 Å². The monoisotopic (exact) mass is 263 g/mol. The minimum absolute atomic E-state index is 0.00705. The first-order chi connectivity index (χ1) is 7.68. The van der Waals surface area contributed by atoms with E-state index in [1.807, 2.05) is 27.7 Å². The minimum atomic E-state index is -0.484. The third-order valence-corrected chi connectivity index (χ3v) is 2.33. The molecule has 0 aliphatic rings.